The smallest absolute Gasteiger partial charge is 0.275 e. The molecule has 1 aromatic carbocycles. The molecule has 3 rings (SSSR count). The van der Waals surface area contributed by atoms with Crippen LogP contribution in [-0.2, 0) is 9.59 Å². The lowest BCUT2D eigenvalue weighted by Crippen LogP contribution is -3.15. The Hall–Kier alpha value is -2.46. The standard InChI is InChI=1S/C18H25N7O2S/c1-2-8-19-16(26)13-23-9-11-24(12-10-23)17(27)14-28-18-20-21-22-25(18)15-6-4-3-5-7-15/h3-7H,2,8-14H2,1H3,(H,19,26)/p+1. The van der Waals surface area contributed by atoms with Crippen LogP contribution >= 0.6 is 11.8 Å². The number of thioether (sulfide) groups is 1. The molecule has 9 nitrogen and oxygen atoms in total. The Morgan fingerprint density at radius 2 is 1.96 bits per heavy atom. The fraction of sp³-hybridized carbons (Fsp3) is 0.500. The van der Waals surface area contributed by atoms with Crippen molar-refractivity contribution in [3.05, 3.63) is 30.3 Å². The van der Waals surface area contributed by atoms with Crippen LogP contribution in [0.5, 0.6) is 0 Å². The normalized spacial score (nSPS) is 14.8. The summed E-state index contributed by atoms with van der Waals surface area (Å²) in [5.41, 5.74) is 0.862. The van der Waals surface area contributed by atoms with Crippen LogP contribution in [0.1, 0.15) is 13.3 Å². The Kier molecular flexibility index (Phi) is 7.38. The number of benzene rings is 1. The van der Waals surface area contributed by atoms with Crippen LogP contribution in [0.3, 0.4) is 0 Å². The Labute approximate surface area is 168 Å². The number of nitrogens with one attached hydrogen (secondary N) is 2. The van der Waals surface area contributed by atoms with Crippen molar-refractivity contribution in [2.75, 3.05) is 45.0 Å². The summed E-state index contributed by atoms with van der Waals surface area (Å²) in [6.07, 6.45) is 0.939. The van der Waals surface area contributed by atoms with Gasteiger partial charge in [-0.2, -0.15) is 4.68 Å². The molecule has 1 fully saturated rings. The van der Waals surface area contributed by atoms with Crippen molar-refractivity contribution < 1.29 is 14.5 Å². The Morgan fingerprint density at radius 1 is 1.21 bits per heavy atom. The predicted octanol–water partition coefficient (Wildman–Crippen LogP) is -0.992. The van der Waals surface area contributed by atoms with Crippen LogP contribution < -0.4 is 10.2 Å². The van der Waals surface area contributed by atoms with Crippen LogP contribution in [0, 0.1) is 0 Å². The monoisotopic (exact) mass is 404 g/mol. The first-order valence-corrected chi connectivity index (χ1v) is 10.5. The van der Waals surface area contributed by atoms with Crippen molar-refractivity contribution in [1.82, 2.24) is 30.4 Å². The van der Waals surface area contributed by atoms with Crippen molar-refractivity contribution in [2.24, 2.45) is 0 Å². The van der Waals surface area contributed by atoms with Gasteiger partial charge < -0.3 is 15.1 Å². The number of para-hydroxylation sites is 1. The third-order valence-corrected chi connectivity index (χ3v) is 5.48. The summed E-state index contributed by atoms with van der Waals surface area (Å²) >= 11 is 1.34. The minimum atomic E-state index is 0.0714. The Balaban J connectivity index is 1.45. The Bertz CT molecular complexity index is 775. The van der Waals surface area contributed by atoms with E-state index in [1.807, 2.05) is 42.2 Å². The number of hydrogen-bond donors (Lipinski definition) is 2. The van der Waals surface area contributed by atoms with Gasteiger partial charge in [0.2, 0.25) is 11.1 Å². The van der Waals surface area contributed by atoms with E-state index in [0.29, 0.717) is 30.5 Å². The van der Waals surface area contributed by atoms with Crippen molar-refractivity contribution in [2.45, 2.75) is 18.5 Å². The van der Waals surface area contributed by atoms with Gasteiger partial charge in [-0.15, -0.1) is 5.10 Å². The second-order valence-electron chi connectivity index (χ2n) is 6.66. The summed E-state index contributed by atoms with van der Waals surface area (Å²) in [4.78, 5) is 27.5. The molecule has 2 amide bonds. The maximum absolute atomic E-state index is 12.6. The van der Waals surface area contributed by atoms with Gasteiger partial charge in [0, 0.05) is 6.54 Å². The molecule has 0 radical (unpaired) electrons. The highest BCUT2D eigenvalue weighted by Gasteiger charge is 2.25. The number of carbonyl (C=O) groups is 2. The molecule has 1 aliphatic heterocycles. The first kappa shape index (κ1) is 20.3. The minimum absolute atomic E-state index is 0.0714. The largest absolute Gasteiger partial charge is 0.351 e. The maximum Gasteiger partial charge on any atom is 0.275 e. The quantitative estimate of drug-likeness (QED) is 0.548. The maximum atomic E-state index is 12.6. The molecule has 0 unspecified atom stereocenters. The molecule has 0 saturated carbocycles. The van der Waals surface area contributed by atoms with Gasteiger partial charge in [0.1, 0.15) is 0 Å². The fourth-order valence-corrected chi connectivity index (χ4v) is 3.81. The molecule has 1 aromatic heterocycles. The van der Waals surface area contributed by atoms with Crippen LogP contribution in [0.2, 0.25) is 0 Å². The predicted molar refractivity (Wildman–Crippen MR) is 105 cm³/mol. The van der Waals surface area contributed by atoms with Gasteiger partial charge in [0.05, 0.1) is 37.6 Å². The molecule has 10 heteroatoms. The van der Waals surface area contributed by atoms with Crippen molar-refractivity contribution >= 4 is 23.6 Å². The van der Waals surface area contributed by atoms with E-state index >= 15 is 0 Å². The van der Waals surface area contributed by atoms with Gasteiger partial charge in [0.25, 0.3) is 5.91 Å². The summed E-state index contributed by atoms with van der Waals surface area (Å²) in [6, 6.07) is 9.60. The molecule has 0 atom stereocenters. The lowest BCUT2D eigenvalue weighted by molar-refractivity contribution is -0.896. The first-order chi connectivity index (χ1) is 13.7. The summed E-state index contributed by atoms with van der Waals surface area (Å²) in [5, 5.41) is 15.2. The Morgan fingerprint density at radius 3 is 2.68 bits per heavy atom. The number of tetrazole rings is 1. The second-order valence-corrected chi connectivity index (χ2v) is 7.60. The molecule has 0 spiro atoms. The molecule has 28 heavy (non-hydrogen) atoms. The molecule has 0 aliphatic carbocycles. The number of rotatable bonds is 8. The zero-order valence-corrected chi connectivity index (χ0v) is 16.8. The average Bonchev–Trinajstić information content (AvgIpc) is 3.20. The molecule has 0 bridgehead atoms. The van der Waals surface area contributed by atoms with Gasteiger partial charge in [-0.3, -0.25) is 9.59 Å². The summed E-state index contributed by atoms with van der Waals surface area (Å²) in [5.74, 6) is 0.446. The number of aromatic nitrogens is 4. The molecule has 150 valence electrons. The molecule has 1 saturated heterocycles. The third kappa shape index (κ3) is 5.52. The van der Waals surface area contributed by atoms with E-state index in [2.05, 4.69) is 20.8 Å². The van der Waals surface area contributed by atoms with Crippen LogP contribution in [0.4, 0.5) is 0 Å². The highest BCUT2D eigenvalue weighted by molar-refractivity contribution is 7.99. The molecule has 1 aliphatic rings. The van der Waals surface area contributed by atoms with Gasteiger partial charge in [-0.25, -0.2) is 0 Å². The molecule has 2 heterocycles. The number of quaternary nitrogens is 1. The lowest BCUT2D eigenvalue weighted by Gasteiger charge is -2.31. The topological polar surface area (TPSA) is 97.5 Å². The second kappa shape index (κ2) is 10.2. The molecule has 2 aromatic rings. The summed E-state index contributed by atoms with van der Waals surface area (Å²) in [7, 11) is 0. The van der Waals surface area contributed by atoms with E-state index in [4.69, 9.17) is 0 Å². The minimum Gasteiger partial charge on any atom is -0.351 e. The molecular formula is C18H26N7O2S+. The highest BCUT2D eigenvalue weighted by atomic mass is 32.2. The fourth-order valence-electron chi connectivity index (χ4n) is 3.02. The van der Waals surface area contributed by atoms with Crippen molar-refractivity contribution in [3.63, 3.8) is 0 Å². The number of piperazine rings is 1. The zero-order chi connectivity index (χ0) is 19.8. The van der Waals surface area contributed by atoms with Crippen LogP contribution in [0.25, 0.3) is 5.69 Å². The van der Waals surface area contributed by atoms with Crippen LogP contribution in [-0.4, -0.2) is 81.9 Å². The highest BCUT2D eigenvalue weighted by Crippen LogP contribution is 2.18. The van der Waals surface area contributed by atoms with E-state index in [-0.39, 0.29) is 11.8 Å². The number of carbonyl (C=O) groups excluding carboxylic acids is 2. The van der Waals surface area contributed by atoms with Gasteiger partial charge in [-0.05, 0) is 29.0 Å². The zero-order valence-electron chi connectivity index (χ0n) is 16.0. The van der Waals surface area contributed by atoms with E-state index in [1.165, 1.54) is 16.7 Å². The van der Waals surface area contributed by atoms with E-state index in [1.54, 1.807) is 4.68 Å². The number of nitrogens with zero attached hydrogens (tertiary/aromatic N) is 5. The molecular weight excluding hydrogens is 378 g/mol. The van der Waals surface area contributed by atoms with Gasteiger partial charge in [-0.1, -0.05) is 36.9 Å². The molecule has 2 N–H and O–H groups in total. The summed E-state index contributed by atoms with van der Waals surface area (Å²) < 4.78 is 1.63. The van der Waals surface area contributed by atoms with Crippen molar-refractivity contribution in [1.29, 1.82) is 0 Å². The van der Waals surface area contributed by atoms with Crippen LogP contribution in [0.15, 0.2) is 35.5 Å². The number of amides is 2. The first-order valence-electron chi connectivity index (χ1n) is 9.52. The van der Waals surface area contributed by atoms with E-state index < -0.39 is 0 Å². The van der Waals surface area contributed by atoms with E-state index in [9.17, 15) is 9.59 Å². The van der Waals surface area contributed by atoms with E-state index in [0.717, 1.165) is 31.7 Å². The average molecular weight is 405 g/mol. The lowest BCUT2D eigenvalue weighted by atomic mass is 10.3. The SMILES string of the molecule is CCCNC(=O)C[NH+]1CCN(C(=O)CSc2nnnn2-c2ccccc2)CC1. The van der Waals surface area contributed by atoms with Crippen molar-refractivity contribution in [3.8, 4) is 5.69 Å². The van der Waals surface area contributed by atoms with Gasteiger partial charge in [0.15, 0.2) is 6.54 Å². The third-order valence-electron chi connectivity index (χ3n) is 4.57. The van der Waals surface area contributed by atoms with Gasteiger partial charge >= 0.3 is 0 Å². The summed E-state index contributed by atoms with van der Waals surface area (Å²) in [6.45, 7) is 6.14. The number of hydrogen-bond acceptors (Lipinski definition) is 6.